The second-order valence-electron chi connectivity index (χ2n) is 12.0. The molecule has 0 spiro atoms. The normalized spacial score (nSPS) is 21.2. The van der Waals surface area contributed by atoms with E-state index in [1.165, 1.54) is 4.57 Å². The van der Waals surface area contributed by atoms with Crippen LogP contribution in [-0.4, -0.2) is 63.2 Å². The molecular formula is C30H34ClF3N4O4S. The number of hydrogen-bond donors (Lipinski definition) is 0. The molecule has 0 aliphatic carbocycles. The zero-order valence-corrected chi connectivity index (χ0v) is 26.1. The number of thioether (sulfide) groups is 1. The Morgan fingerprint density at radius 2 is 1.74 bits per heavy atom. The molecule has 2 aliphatic heterocycles. The molecule has 0 N–H and O–H groups in total. The minimum Gasteiger partial charge on any atom is -0.444 e. The lowest BCUT2D eigenvalue weighted by Crippen LogP contribution is -2.59. The second-order valence-corrected chi connectivity index (χ2v) is 13.4. The molecule has 1 saturated heterocycles. The van der Waals surface area contributed by atoms with Crippen molar-refractivity contribution in [3.8, 4) is 0 Å². The number of carbonyl (C=O) groups excluding carboxylic acids is 1. The Morgan fingerprint density at radius 3 is 2.35 bits per heavy atom. The SMILES string of the molecule is C[C@@H]1CN(c2nc(=O)n3c4c(c(Cl)c(C(F)(F)F)cc24)SC[C@@H](OCc2ccccc2)C3)C[C@H](C)N1C(=O)OC(C)(C)C. The highest BCUT2D eigenvalue weighted by Gasteiger charge is 2.40. The number of ether oxygens (including phenoxy) is 2. The summed E-state index contributed by atoms with van der Waals surface area (Å²) in [5, 5.41) is -0.275. The van der Waals surface area contributed by atoms with Gasteiger partial charge in [0.05, 0.1) is 52.3 Å². The van der Waals surface area contributed by atoms with Gasteiger partial charge in [-0.15, -0.1) is 11.8 Å². The number of anilines is 1. The summed E-state index contributed by atoms with van der Waals surface area (Å²) in [4.78, 5) is 34.4. The summed E-state index contributed by atoms with van der Waals surface area (Å²) in [7, 11) is 0. The van der Waals surface area contributed by atoms with Crippen molar-refractivity contribution in [2.45, 2.75) is 82.6 Å². The van der Waals surface area contributed by atoms with Crippen LogP contribution in [0.5, 0.6) is 0 Å². The first-order valence-corrected chi connectivity index (χ1v) is 15.4. The molecule has 3 atom stereocenters. The number of amides is 1. The van der Waals surface area contributed by atoms with Crippen LogP contribution >= 0.6 is 23.4 Å². The summed E-state index contributed by atoms with van der Waals surface area (Å²) < 4.78 is 55.9. The van der Waals surface area contributed by atoms with Gasteiger partial charge in [0.1, 0.15) is 11.4 Å². The standard InChI is InChI=1S/C30H34ClF3N4O4S/c1-17-12-36(13-18(2)38(17)28(40)42-29(3,4)5)26-21-11-22(30(32,33)34)23(31)25-24(21)37(27(39)35-26)14-20(16-43-25)41-15-19-9-7-6-8-10-19/h6-11,17-18,20H,12-16H2,1-5H3/t17-,18+,20-/m0/s1. The summed E-state index contributed by atoms with van der Waals surface area (Å²) >= 11 is 7.57. The van der Waals surface area contributed by atoms with Crippen LogP contribution in [-0.2, 0) is 28.8 Å². The van der Waals surface area contributed by atoms with Crippen molar-refractivity contribution in [3.63, 3.8) is 0 Å². The third-order valence-electron chi connectivity index (χ3n) is 7.39. The molecule has 0 unspecified atom stereocenters. The Morgan fingerprint density at radius 1 is 1.09 bits per heavy atom. The van der Waals surface area contributed by atoms with Crippen LogP contribution in [0.2, 0.25) is 5.02 Å². The van der Waals surface area contributed by atoms with E-state index < -0.39 is 40.3 Å². The van der Waals surface area contributed by atoms with Gasteiger partial charge in [0, 0.05) is 24.2 Å². The Labute approximate surface area is 257 Å². The molecule has 0 saturated carbocycles. The van der Waals surface area contributed by atoms with Gasteiger partial charge in [-0.25, -0.2) is 9.59 Å². The highest BCUT2D eigenvalue weighted by Crippen LogP contribution is 2.46. The van der Waals surface area contributed by atoms with Crippen molar-refractivity contribution < 1.29 is 27.4 Å². The van der Waals surface area contributed by atoms with E-state index in [1.54, 1.807) is 30.6 Å². The first-order valence-electron chi connectivity index (χ1n) is 14.0. The van der Waals surface area contributed by atoms with Crippen LogP contribution in [0.15, 0.2) is 46.1 Å². The van der Waals surface area contributed by atoms with Crippen molar-refractivity contribution in [1.29, 1.82) is 0 Å². The van der Waals surface area contributed by atoms with Gasteiger partial charge in [0.2, 0.25) is 0 Å². The zero-order valence-electron chi connectivity index (χ0n) is 24.6. The fraction of sp³-hybridized carbons (Fsp3) is 0.500. The van der Waals surface area contributed by atoms with E-state index in [1.807, 2.05) is 44.2 Å². The average Bonchev–Trinajstić information content (AvgIpc) is 3.10. The molecule has 13 heteroatoms. The molecule has 1 aromatic heterocycles. The summed E-state index contributed by atoms with van der Waals surface area (Å²) in [5.41, 5.74) is -1.04. The smallest absolute Gasteiger partial charge is 0.417 e. The largest absolute Gasteiger partial charge is 0.444 e. The molecule has 1 fully saturated rings. The maximum Gasteiger partial charge on any atom is 0.417 e. The quantitative estimate of drug-likeness (QED) is 0.319. The highest BCUT2D eigenvalue weighted by molar-refractivity contribution is 7.99. The topological polar surface area (TPSA) is 76.9 Å². The number of piperazine rings is 1. The monoisotopic (exact) mass is 638 g/mol. The zero-order chi connectivity index (χ0) is 31.3. The average molecular weight is 639 g/mol. The maximum atomic E-state index is 14.3. The number of hydrogen-bond acceptors (Lipinski definition) is 7. The molecule has 43 heavy (non-hydrogen) atoms. The summed E-state index contributed by atoms with van der Waals surface area (Å²) in [6.07, 6.45) is -5.68. The third-order valence-corrected chi connectivity index (χ3v) is 9.12. The minimum atomic E-state index is -4.73. The molecule has 2 aliphatic rings. The first-order chi connectivity index (χ1) is 20.1. The lowest BCUT2D eigenvalue weighted by atomic mass is 10.1. The Bertz CT molecular complexity index is 1570. The van der Waals surface area contributed by atoms with Crippen LogP contribution in [0.3, 0.4) is 0 Å². The summed E-state index contributed by atoms with van der Waals surface area (Å²) in [6, 6.07) is 9.75. The number of nitrogens with zero attached hydrogens (tertiary/aromatic N) is 4. The molecule has 0 bridgehead atoms. The lowest BCUT2D eigenvalue weighted by Gasteiger charge is -2.45. The van der Waals surface area contributed by atoms with Crippen molar-refractivity contribution in [2.75, 3.05) is 23.7 Å². The summed E-state index contributed by atoms with van der Waals surface area (Å²) in [5.74, 6) is 0.425. The Balaban J connectivity index is 1.55. The van der Waals surface area contributed by atoms with Gasteiger partial charge in [0.15, 0.2) is 0 Å². The van der Waals surface area contributed by atoms with Gasteiger partial charge in [-0.05, 0) is 46.2 Å². The number of halogens is 4. The van der Waals surface area contributed by atoms with Gasteiger partial charge < -0.3 is 14.4 Å². The number of alkyl halides is 3. The molecule has 5 rings (SSSR count). The van der Waals surface area contributed by atoms with E-state index in [9.17, 15) is 22.8 Å². The van der Waals surface area contributed by atoms with Crippen molar-refractivity contribution in [3.05, 3.63) is 63.0 Å². The van der Waals surface area contributed by atoms with Gasteiger partial charge in [0.25, 0.3) is 0 Å². The van der Waals surface area contributed by atoms with Crippen LogP contribution < -0.4 is 10.6 Å². The predicted molar refractivity (Wildman–Crippen MR) is 161 cm³/mol. The molecule has 3 aromatic rings. The van der Waals surface area contributed by atoms with Gasteiger partial charge in [-0.2, -0.15) is 18.2 Å². The molecule has 1 amide bonds. The Hall–Kier alpha value is -2.96. The van der Waals surface area contributed by atoms with Crippen LogP contribution in [0, 0.1) is 0 Å². The van der Waals surface area contributed by atoms with Crippen molar-refractivity contribution in [2.24, 2.45) is 0 Å². The highest BCUT2D eigenvalue weighted by atomic mass is 35.5. The number of rotatable bonds is 4. The van der Waals surface area contributed by atoms with Crippen molar-refractivity contribution >= 4 is 46.2 Å². The number of benzene rings is 2. The van der Waals surface area contributed by atoms with E-state index in [0.29, 0.717) is 11.3 Å². The number of carbonyl (C=O) groups is 1. The van der Waals surface area contributed by atoms with Crippen molar-refractivity contribution in [1.82, 2.24) is 14.5 Å². The van der Waals surface area contributed by atoms with Gasteiger partial charge >= 0.3 is 18.0 Å². The molecule has 232 valence electrons. The molecule has 3 heterocycles. The van der Waals surface area contributed by atoms with E-state index in [4.69, 9.17) is 21.1 Å². The molecule has 2 aromatic carbocycles. The van der Waals surface area contributed by atoms with E-state index in [2.05, 4.69) is 4.98 Å². The predicted octanol–water partition coefficient (Wildman–Crippen LogP) is 6.59. The van der Waals surface area contributed by atoms with Crippen LogP contribution in [0.25, 0.3) is 10.9 Å². The van der Waals surface area contributed by atoms with Gasteiger partial charge in [-0.3, -0.25) is 9.47 Å². The lowest BCUT2D eigenvalue weighted by molar-refractivity contribution is -0.137. The molecule has 0 radical (unpaired) electrons. The van der Waals surface area contributed by atoms with Crippen LogP contribution in [0.4, 0.5) is 23.8 Å². The summed E-state index contributed by atoms with van der Waals surface area (Å²) in [6.45, 7) is 9.88. The maximum absolute atomic E-state index is 14.3. The molecular weight excluding hydrogens is 605 g/mol. The minimum absolute atomic E-state index is 0.108. The fourth-order valence-corrected chi connectivity index (χ4v) is 7.17. The number of aromatic nitrogens is 2. The van der Waals surface area contributed by atoms with Gasteiger partial charge in [-0.1, -0.05) is 41.9 Å². The van der Waals surface area contributed by atoms with E-state index in [-0.39, 0.29) is 54.4 Å². The van der Waals surface area contributed by atoms with Crippen LogP contribution in [0.1, 0.15) is 45.7 Å². The van der Waals surface area contributed by atoms with E-state index in [0.717, 1.165) is 23.4 Å². The fourth-order valence-electron chi connectivity index (χ4n) is 5.61. The third kappa shape index (κ3) is 6.61. The molecule has 8 nitrogen and oxygen atoms in total. The second kappa shape index (κ2) is 11.9. The first kappa shape index (κ1) is 31.5. The Kier molecular flexibility index (Phi) is 8.67. The van der Waals surface area contributed by atoms with E-state index >= 15 is 0 Å².